The van der Waals surface area contributed by atoms with Gasteiger partial charge in [-0.1, -0.05) is 73.4 Å². The lowest BCUT2D eigenvalue weighted by atomic mass is 9.83. The Morgan fingerprint density at radius 3 is 1.87 bits per heavy atom. The summed E-state index contributed by atoms with van der Waals surface area (Å²) in [6.45, 7) is 21.3. The first-order valence-corrected chi connectivity index (χ1v) is 23.1. The summed E-state index contributed by atoms with van der Waals surface area (Å²) in [6, 6.07) is 10.3. The number of anilines is 1. The number of nitrogens with zero attached hydrogens (tertiary/aromatic N) is 6. The van der Waals surface area contributed by atoms with Crippen LogP contribution in [0.2, 0.25) is 0 Å². The third-order valence-corrected chi connectivity index (χ3v) is 13.5. The number of morpholine rings is 1. The van der Waals surface area contributed by atoms with E-state index < -0.39 is 28.9 Å². The van der Waals surface area contributed by atoms with Gasteiger partial charge in [-0.15, -0.1) is 0 Å². The lowest BCUT2D eigenvalue weighted by Gasteiger charge is -2.38. The summed E-state index contributed by atoms with van der Waals surface area (Å²) in [5, 5.41) is 32.6. The van der Waals surface area contributed by atoms with E-state index in [-0.39, 0.29) is 28.7 Å². The zero-order valence-electron chi connectivity index (χ0n) is 39.2. The van der Waals surface area contributed by atoms with Crippen LogP contribution in [0.25, 0.3) is 11.0 Å². The van der Waals surface area contributed by atoms with E-state index in [0.717, 1.165) is 64.8 Å². The molecule has 0 bridgehead atoms. The first kappa shape index (κ1) is 50.9. The summed E-state index contributed by atoms with van der Waals surface area (Å²) in [5.41, 5.74) is -1.18. The third kappa shape index (κ3) is 15.2. The van der Waals surface area contributed by atoms with Crippen LogP contribution in [-0.4, -0.2) is 127 Å². The number of carbonyl (C=O) groups excluding carboxylic acids is 3. The molecule has 4 N–H and O–H groups in total. The minimum Gasteiger partial charge on any atom is -0.408 e. The predicted molar refractivity (Wildman–Crippen MR) is 245 cm³/mol. The summed E-state index contributed by atoms with van der Waals surface area (Å²) >= 11 is 0. The lowest BCUT2D eigenvalue weighted by molar-refractivity contribution is -0.125. The smallest absolute Gasteiger partial charge is 0.408 e. The van der Waals surface area contributed by atoms with Crippen molar-refractivity contribution in [2.24, 2.45) is 10.8 Å². The summed E-state index contributed by atoms with van der Waals surface area (Å²) in [4.78, 5) is 61.6. The van der Waals surface area contributed by atoms with Crippen LogP contribution in [0.4, 0.5) is 10.6 Å². The van der Waals surface area contributed by atoms with Gasteiger partial charge in [-0.3, -0.25) is 9.59 Å². The van der Waals surface area contributed by atoms with Crippen LogP contribution in [0.1, 0.15) is 119 Å². The first-order valence-electron chi connectivity index (χ1n) is 23.1. The van der Waals surface area contributed by atoms with Crippen LogP contribution in [-0.2, 0) is 14.3 Å². The largest absolute Gasteiger partial charge is 0.441 e. The van der Waals surface area contributed by atoms with Gasteiger partial charge < -0.3 is 45.1 Å². The molecule has 3 aliphatic rings. The second kappa shape index (κ2) is 23.2. The number of likely N-dealkylation sites (tertiary alicyclic amines) is 2. The molecule has 2 atom stereocenters. The molecule has 2 unspecified atom stereocenters. The molecule has 1 aromatic carbocycles. The number of rotatable bonds is 17. The molecule has 3 saturated heterocycles. The molecule has 4 amide bonds. The molecule has 4 heterocycles. The normalized spacial score (nSPS) is 19.0. The number of aromatic nitrogens is 1. The number of fused-ring (bicyclic) bond motifs is 1. The minimum atomic E-state index is -0.882. The number of carbonyl (C=O) groups is 3. The van der Waals surface area contributed by atoms with Crippen molar-refractivity contribution in [3.8, 4) is 12.1 Å². The quantitative estimate of drug-likeness (QED) is 0.149. The van der Waals surface area contributed by atoms with Crippen molar-refractivity contribution in [3.05, 3.63) is 34.8 Å². The van der Waals surface area contributed by atoms with Crippen molar-refractivity contribution in [3.63, 3.8) is 0 Å². The fourth-order valence-electron chi connectivity index (χ4n) is 7.91. The molecule has 1 aromatic heterocycles. The van der Waals surface area contributed by atoms with E-state index in [9.17, 15) is 29.7 Å². The number of para-hydroxylation sites is 1. The number of nitriles is 2. The van der Waals surface area contributed by atoms with Gasteiger partial charge in [-0.2, -0.15) is 15.5 Å². The lowest BCUT2D eigenvalue weighted by Crippen LogP contribution is -2.60. The monoisotopic (exact) mass is 875 g/mol. The molecule has 3 aliphatic heterocycles. The van der Waals surface area contributed by atoms with E-state index in [1.54, 1.807) is 23.1 Å². The van der Waals surface area contributed by atoms with Gasteiger partial charge in [-0.25, -0.2) is 9.59 Å². The Balaban J connectivity index is 0.000000280. The molecule has 2 aromatic rings. The molecule has 16 nitrogen and oxygen atoms in total. The van der Waals surface area contributed by atoms with Gasteiger partial charge in [0.25, 0.3) is 0 Å². The van der Waals surface area contributed by atoms with Crippen LogP contribution < -0.4 is 27.0 Å². The molecule has 5 rings (SSSR count). The highest BCUT2D eigenvalue weighted by atomic mass is 16.5. The maximum absolute atomic E-state index is 13.5. The number of urea groups is 1. The molecule has 0 radical (unpaired) electrons. The van der Waals surface area contributed by atoms with E-state index in [0.29, 0.717) is 81.6 Å². The Hall–Kier alpha value is -4.77. The summed E-state index contributed by atoms with van der Waals surface area (Å²) in [7, 11) is 2.02. The predicted octanol–water partition coefficient (Wildman–Crippen LogP) is 5.79. The average molecular weight is 875 g/mol. The number of hydrogen-bond acceptors (Lipinski definition) is 12. The van der Waals surface area contributed by atoms with Crippen LogP contribution in [0.5, 0.6) is 0 Å². The van der Waals surface area contributed by atoms with Crippen molar-refractivity contribution in [1.82, 2.24) is 35.6 Å². The zero-order valence-corrected chi connectivity index (χ0v) is 39.2. The highest BCUT2D eigenvalue weighted by molar-refractivity contribution is 5.91. The molecule has 0 saturated carbocycles. The van der Waals surface area contributed by atoms with Crippen LogP contribution in [0.15, 0.2) is 33.5 Å². The molecule has 63 heavy (non-hydrogen) atoms. The Morgan fingerprint density at radius 1 is 0.810 bits per heavy atom. The number of nitrogens with one attached hydrogen (secondary N) is 4. The maximum atomic E-state index is 13.5. The highest BCUT2D eigenvalue weighted by Crippen LogP contribution is 2.30. The zero-order chi connectivity index (χ0) is 46.3. The molecule has 3 fully saturated rings. The number of hydrogen-bond donors (Lipinski definition) is 4. The summed E-state index contributed by atoms with van der Waals surface area (Å²) < 4.78 is 10.5. The molecular weight excluding hydrogens is 801 g/mol. The second-order valence-electron chi connectivity index (χ2n) is 19.2. The van der Waals surface area contributed by atoms with Crippen molar-refractivity contribution in [2.45, 2.75) is 142 Å². The van der Waals surface area contributed by atoms with Gasteiger partial charge in [0, 0.05) is 39.3 Å². The minimum absolute atomic E-state index is 0.0594. The first-order chi connectivity index (χ1) is 29.9. The molecule has 16 heteroatoms. The van der Waals surface area contributed by atoms with E-state index in [2.05, 4.69) is 96.7 Å². The molecule has 0 aliphatic carbocycles. The van der Waals surface area contributed by atoms with Crippen LogP contribution in [0, 0.1) is 33.5 Å². The van der Waals surface area contributed by atoms with Gasteiger partial charge in [0.2, 0.25) is 11.8 Å². The van der Waals surface area contributed by atoms with E-state index in [1.165, 1.54) is 0 Å². The van der Waals surface area contributed by atoms with Crippen molar-refractivity contribution < 1.29 is 23.5 Å². The van der Waals surface area contributed by atoms with E-state index >= 15 is 0 Å². The Bertz CT molecular complexity index is 1950. The molecule has 348 valence electrons. The number of benzene rings is 1. The SMILES string of the molecule is CCC(C)(C)CCC(NC(=O)N1CCOCC1)C(=O)NC1(C#N)CCN(C)CC1.CCCN1CCC(C#N)(NC(=O)C(CCC(C)(C)CC)Nc2nc(=O)oc3ccccc23)CC1. The van der Waals surface area contributed by atoms with Gasteiger partial charge in [0.1, 0.15) is 34.6 Å². The van der Waals surface area contributed by atoms with Crippen LogP contribution in [0.3, 0.4) is 0 Å². The van der Waals surface area contributed by atoms with Crippen molar-refractivity contribution >= 4 is 34.6 Å². The number of ether oxygens (including phenoxy) is 1. The van der Waals surface area contributed by atoms with Crippen molar-refractivity contribution in [2.75, 3.05) is 71.4 Å². The number of amides is 4. The highest BCUT2D eigenvalue weighted by Gasteiger charge is 2.39. The van der Waals surface area contributed by atoms with Crippen LogP contribution >= 0.6 is 0 Å². The topological polar surface area (TPSA) is 209 Å². The number of piperidine rings is 2. The van der Waals surface area contributed by atoms with Gasteiger partial charge in [0.15, 0.2) is 0 Å². The van der Waals surface area contributed by atoms with E-state index in [1.807, 2.05) is 13.1 Å². The van der Waals surface area contributed by atoms with Gasteiger partial charge in [-0.05, 0) is 94.3 Å². The Morgan fingerprint density at radius 2 is 1.33 bits per heavy atom. The summed E-state index contributed by atoms with van der Waals surface area (Å²) in [6.07, 6.45) is 8.13. The van der Waals surface area contributed by atoms with Crippen molar-refractivity contribution in [1.29, 1.82) is 10.5 Å². The standard InChI is InChI=1S/C26H37N5O3.C21H37N5O3/c1-5-15-31-16-13-26(18-27,14-17-31)30-23(32)20(11-12-25(3,4)6-2)28-22-19-9-7-8-10-21(19)34-24(33)29-22;1-5-20(2,3)7-6-17(23-19(28)26-12-14-29-15-13-26)18(27)24-21(16-22)8-10-25(4)11-9-21/h7-10,20H,5-6,11-17H2,1-4H3,(H,30,32)(H,28,29,33);17H,5-15H2,1-4H3,(H,23,28)(H,24,27). The van der Waals surface area contributed by atoms with Gasteiger partial charge in [0.05, 0.1) is 30.7 Å². The molecular formula is C47H74N10O6. The Labute approximate surface area is 374 Å². The average Bonchev–Trinajstić information content (AvgIpc) is 3.28. The second-order valence-corrected chi connectivity index (χ2v) is 19.2. The maximum Gasteiger partial charge on any atom is 0.441 e. The fourth-order valence-corrected chi connectivity index (χ4v) is 7.91. The van der Waals surface area contributed by atoms with Gasteiger partial charge >= 0.3 is 11.8 Å². The third-order valence-electron chi connectivity index (χ3n) is 13.5. The molecule has 0 spiro atoms. The Kier molecular flexibility index (Phi) is 18.8. The fraction of sp³-hybridized carbons (Fsp3) is 0.723. The van der Waals surface area contributed by atoms with E-state index in [4.69, 9.17) is 9.15 Å². The summed E-state index contributed by atoms with van der Waals surface area (Å²) in [5.74, 6) is -0.891.